The van der Waals surface area contributed by atoms with Gasteiger partial charge in [0.15, 0.2) is 0 Å². The topological polar surface area (TPSA) is 154 Å². The summed E-state index contributed by atoms with van der Waals surface area (Å²) in [5.41, 5.74) is 1.12. The lowest BCUT2D eigenvalue weighted by atomic mass is 9.88. The van der Waals surface area contributed by atoms with Gasteiger partial charge in [-0.25, -0.2) is 4.79 Å². The van der Waals surface area contributed by atoms with Crippen LogP contribution in [0, 0.1) is 10.1 Å². The Labute approximate surface area is 208 Å². The molecule has 11 nitrogen and oxygen atoms in total. The largest absolute Gasteiger partial charge is 0.469 e. The van der Waals surface area contributed by atoms with Gasteiger partial charge in [0.25, 0.3) is 5.69 Å². The molecule has 0 aliphatic rings. The van der Waals surface area contributed by atoms with Gasteiger partial charge in [0, 0.05) is 30.9 Å². The molecule has 0 aliphatic heterocycles. The summed E-state index contributed by atoms with van der Waals surface area (Å²) >= 11 is 0. The first-order valence-corrected chi connectivity index (χ1v) is 11.2. The van der Waals surface area contributed by atoms with Crippen molar-refractivity contribution >= 4 is 29.4 Å². The lowest BCUT2D eigenvalue weighted by molar-refractivity contribution is -0.384. The van der Waals surface area contributed by atoms with Crippen LogP contribution in [-0.2, 0) is 28.7 Å². The van der Waals surface area contributed by atoms with Crippen molar-refractivity contribution in [1.29, 1.82) is 0 Å². The van der Waals surface area contributed by atoms with Crippen molar-refractivity contribution in [3.63, 3.8) is 0 Å². The molecule has 2 rings (SSSR count). The van der Waals surface area contributed by atoms with E-state index in [4.69, 9.17) is 9.47 Å². The van der Waals surface area contributed by atoms with Crippen LogP contribution in [0.5, 0.6) is 0 Å². The van der Waals surface area contributed by atoms with E-state index in [2.05, 4.69) is 10.6 Å². The van der Waals surface area contributed by atoms with Crippen molar-refractivity contribution in [2.45, 2.75) is 44.2 Å². The fourth-order valence-electron chi connectivity index (χ4n) is 3.60. The molecule has 0 bridgehead atoms. The van der Waals surface area contributed by atoms with Gasteiger partial charge in [-0.15, -0.1) is 0 Å². The monoisotopic (exact) mass is 499 g/mol. The Morgan fingerprint density at radius 1 is 0.861 bits per heavy atom. The average molecular weight is 500 g/mol. The number of non-ortho nitro benzene ring substituents is 1. The molecule has 2 aromatic rings. The smallest absolute Gasteiger partial charge is 0.329 e. The molecular formula is C25H29N3O8. The van der Waals surface area contributed by atoms with Crippen LogP contribution in [0.1, 0.15) is 49.3 Å². The summed E-state index contributed by atoms with van der Waals surface area (Å²) in [7, 11) is 2.31. The van der Waals surface area contributed by atoms with Crippen molar-refractivity contribution < 1.29 is 33.6 Å². The van der Waals surface area contributed by atoms with E-state index < -0.39 is 34.7 Å². The molecule has 192 valence electrons. The van der Waals surface area contributed by atoms with E-state index in [-0.39, 0.29) is 36.9 Å². The van der Waals surface area contributed by atoms with Gasteiger partial charge < -0.3 is 20.1 Å². The molecule has 0 aromatic heterocycles. The normalized spacial score (nSPS) is 13.0. The Morgan fingerprint density at radius 3 is 1.97 bits per heavy atom. The fourth-order valence-corrected chi connectivity index (χ4v) is 3.60. The number of hydrogen-bond acceptors (Lipinski definition) is 8. The summed E-state index contributed by atoms with van der Waals surface area (Å²) in [6.07, 6.45) is -0.647. The van der Waals surface area contributed by atoms with Gasteiger partial charge in [0.2, 0.25) is 11.8 Å². The number of carbonyl (C=O) groups is 4. The minimum absolute atomic E-state index is 0.129. The Balaban J connectivity index is 2.12. The van der Waals surface area contributed by atoms with Gasteiger partial charge in [-0.1, -0.05) is 42.5 Å². The standard InChI is InChI=1S/C25H29N3O8/c1-16(17-7-5-4-6-8-17)26-21(29)13-14-22(30)27-24(25(32)36-3)20(15-23(31)35-2)18-9-11-19(12-10-18)28(33)34/h4-12,16,20,24H,13-15H2,1-3H3,(H,26,29)(H,27,30)/t16-,20+,24-/m1/s1. The average Bonchev–Trinajstić information content (AvgIpc) is 2.89. The zero-order valence-electron chi connectivity index (χ0n) is 20.3. The van der Waals surface area contributed by atoms with Crippen LogP contribution in [0.4, 0.5) is 5.69 Å². The summed E-state index contributed by atoms with van der Waals surface area (Å²) in [4.78, 5) is 60.0. The predicted octanol–water partition coefficient (Wildman–Crippen LogP) is 2.56. The number of hydrogen-bond donors (Lipinski definition) is 2. The van der Waals surface area contributed by atoms with E-state index in [0.29, 0.717) is 5.56 Å². The highest BCUT2D eigenvalue weighted by Gasteiger charge is 2.34. The molecule has 0 unspecified atom stereocenters. The highest BCUT2D eigenvalue weighted by molar-refractivity contribution is 5.88. The van der Waals surface area contributed by atoms with Crippen LogP contribution in [-0.4, -0.2) is 48.9 Å². The van der Waals surface area contributed by atoms with Crippen molar-refractivity contribution in [1.82, 2.24) is 10.6 Å². The predicted molar refractivity (Wildman–Crippen MR) is 129 cm³/mol. The van der Waals surface area contributed by atoms with Crippen molar-refractivity contribution in [3.8, 4) is 0 Å². The highest BCUT2D eigenvalue weighted by Crippen LogP contribution is 2.27. The van der Waals surface area contributed by atoms with E-state index in [9.17, 15) is 29.3 Å². The molecule has 0 spiro atoms. The SMILES string of the molecule is COC(=O)C[C@@H](c1ccc([N+](=O)[O-])cc1)[C@@H](NC(=O)CCC(=O)N[C@H](C)c1ccccc1)C(=O)OC. The molecule has 0 fully saturated rings. The van der Waals surface area contributed by atoms with Gasteiger partial charge in [-0.2, -0.15) is 0 Å². The zero-order valence-corrected chi connectivity index (χ0v) is 20.3. The molecule has 0 aliphatic carbocycles. The van der Waals surface area contributed by atoms with Gasteiger partial charge >= 0.3 is 11.9 Å². The van der Waals surface area contributed by atoms with Crippen molar-refractivity contribution in [2.75, 3.05) is 14.2 Å². The molecule has 2 N–H and O–H groups in total. The molecule has 0 saturated carbocycles. The minimum atomic E-state index is -1.30. The quantitative estimate of drug-likeness (QED) is 0.257. The first-order chi connectivity index (χ1) is 17.2. The van der Waals surface area contributed by atoms with Gasteiger partial charge in [-0.3, -0.25) is 24.5 Å². The third-order valence-electron chi connectivity index (χ3n) is 5.58. The molecule has 3 atom stereocenters. The number of nitrogens with one attached hydrogen (secondary N) is 2. The van der Waals surface area contributed by atoms with E-state index in [0.717, 1.165) is 12.7 Å². The first-order valence-electron chi connectivity index (χ1n) is 11.2. The number of esters is 2. The number of rotatable bonds is 12. The maximum atomic E-state index is 12.7. The van der Waals surface area contributed by atoms with Crippen LogP contribution in [0.3, 0.4) is 0 Å². The Morgan fingerprint density at radius 2 is 1.44 bits per heavy atom. The van der Waals surface area contributed by atoms with Gasteiger partial charge in [-0.05, 0) is 18.1 Å². The second-order valence-corrected chi connectivity index (χ2v) is 8.00. The summed E-state index contributed by atoms with van der Waals surface area (Å²) in [5, 5.41) is 16.3. The van der Waals surface area contributed by atoms with E-state index in [1.165, 1.54) is 31.4 Å². The maximum Gasteiger partial charge on any atom is 0.329 e. The van der Waals surface area contributed by atoms with Crippen LogP contribution in [0.15, 0.2) is 54.6 Å². The second kappa shape index (κ2) is 13.6. The van der Waals surface area contributed by atoms with Crippen molar-refractivity contribution in [2.24, 2.45) is 0 Å². The number of benzene rings is 2. The van der Waals surface area contributed by atoms with Gasteiger partial charge in [0.1, 0.15) is 6.04 Å². The van der Waals surface area contributed by atoms with E-state index >= 15 is 0 Å². The maximum absolute atomic E-state index is 12.7. The highest BCUT2D eigenvalue weighted by atomic mass is 16.6. The van der Waals surface area contributed by atoms with Crippen molar-refractivity contribution in [3.05, 3.63) is 75.8 Å². The Hall–Kier alpha value is -4.28. The van der Waals surface area contributed by atoms with E-state index in [1.807, 2.05) is 37.3 Å². The number of nitro groups is 1. The third-order valence-corrected chi connectivity index (χ3v) is 5.58. The second-order valence-electron chi connectivity index (χ2n) is 8.00. The number of nitrogens with zero attached hydrogens (tertiary/aromatic N) is 1. The lowest BCUT2D eigenvalue weighted by Crippen LogP contribution is -2.46. The summed E-state index contributed by atoms with van der Waals surface area (Å²) in [6, 6.07) is 13.0. The lowest BCUT2D eigenvalue weighted by Gasteiger charge is -2.26. The summed E-state index contributed by atoms with van der Waals surface area (Å²) < 4.78 is 9.55. The first kappa shape index (κ1) is 28.0. The molecule has 36 heavy (non-hydrogen) atoms. The molecule has 0 radical (unpaired) electrons. The number of carbonyl (C=O) groups excluding carboxylic acids is 4. The zero-order chi connectivity index (χ0) is 26.7. The summed E-state index contributed by atoms with van der Waals surface area (Å²) in [5.74, 6) is -3.36. The van der Waals surface area contributed by atoms with Crippen LogP contribution >= 0.6 is 0 Å². The minimum Gasteiger partial charge on any atom is -0.469 e. The number of nitro benzene ring substituents is 1. The molecular weight excluding hydrogens is 470 g/mol. The summed E-state index contributed by atoms with van der Waals surface area (Å²) in [6.45, 7) is 1.82. The molecule has 0 saturated heterocycles. The van der Waals surface area contributed by atoms with Crippen LogP contribution in [0.2, 0.25) is 0 Å². The Kier molecular flexibility index (Phi) is 10.5. The molecule has 0 heterocycles. The third kappa shape index (κ3) is 8.19. The van der Waals surface area contributed by atoms with Crippen LogP contribution in [0.25, 0.3) is 0 Å². The number of amides is 2. The Bertz CT molecular complexity index is 1070. The molecule has 2 amide bonds. The molecule has 11 heteroatoms. The van der Waals surface area contributed by atoms with Crippen LogP contribution < -0.4 is 10.6 Å². The van der Waals surface area contributed by atoms with Gasteiger partial charge in [0.05, 0.1) is 31.6 Å². The fraction of sp³-hybridized carbons (Fsp3) is 0.360. The van der Waals surface area contributed by atoms with E-state index in [1.54, 1.807) is 0 Å². The number of ether oxygens (including phenoxy) is 2. The molecule has 2 aromatic carbocycles. The number of methoxy groups -OCH3 is 2.